The molecule has 0 saturated heterocycles. The average molecular weight is 405 g/mol. The monoisotopic (exact) mass is 405 g/mol. The van der Waals surface area contributed by atoms with Crippen LogP contribution in [0.1, 0.15) is 29.5 Å². The highest BCUT2D eigenvalue weighted by molar-refractivity contribution is 6.04. The van der Waals surface area contributed by atoms with Crippen LogP contribution in [0.15, 0.2) is 69.8 Å². The maximum Gasteiger partial charge on any atom is 0.337 e. The molecule has 0 bridgehead atoms. The minimum atomic E-state index is -0.822. The Morgan fingerprint density at radius 1 is 1.03 bits per heavy atom. The molecule has 2 heterocycles. The Balaban J connectivity index is 2.06. The van der Waals surface area contributed by atoms with Gasteiger partial charge in [0, 0.05) is 0 Å². The Morgan fingerprint density at radius 2 is 1.73 bits per heavy atom. The molecule has 1 aromatic heterocycles. The van der Waals surface area contributed by atoms with Crippen LogP contribution in [0.25, 0.3) is 5.70 Å². The largest absolute Gasteiger partial charge is 0.508 e. The lowest BCUT2D eigenvalue weighted by atomic mass is 9.81. The van der Waals surface area contributed by atoms with Gasteiger partial charge < -0.3 is 15.2 Å². The van der Waals surface area contributed by atoms with Gasteiger partial charge >= 0.3 is 11.7 Å². The highest BCUT2D eigenvalue weighted by Gasteiger charge is 2.37. The number of ether oxygens (including phenoxy) is 1. The van der Waals surface area contributed by atoms with Gasteiger partial charge in [-0.25, -0.2) is 9.59 Å². The summed E-state index contributed by atoms with van der Waals surface area (Å²) in [7, 11) is 0. The van der Waals surface area contributed by atoms with Crippen molar-refractivity contribution in [1.82, 2.24) is 9.97 Å². The zero-order valence-corrected chi connectivity index (χ0v) is 16.1. The third-order valence-corrected chi connectivity index (χ3v) is 4.86. The predicted octanol–water partition coefficient (Wildman–Crippen LogP) is 2.30. The van der Waals surface area contributed by atoms with Crippen LogP contribution in [0, 0.1) is 0 Å². The number of H-pyrrole nitrogens is 2. The minimum absolute atomic E-state index is 0.0493. The van der Waals surface area contributed by atoms with Crippen LogP contribution in [0.3, 0.4) is 0 Å². The van der Waals surface area contributed by atoms with Crippen molar-refractivity contribution in [3.8, 4) is 5.75 Å². The molecule has 0 radical (unpaired) electrons. The van der Waals surface area contributed by atoms with Gasteiger partial charge in [-0.2, -0.15) is 0 Å². The van der Waals surface area contributed by atoms with E-state index in [1.807, 2.05) is 30.3 Å². The summed E-state index contributed by atoms with van der Waals surface area (Å²) >= 11 is 0. The zero-order chi connectivity index (χ0) is 21.3. The minimum Gasteiger partial charge on any atom is -0.508 e. The number of esters is 1. The number of fused-ring (bicyclic) bond motifs is 1. The number of carbonyl (C=O) groups is 1. The molecule has 1 unspecified atom stereocenters. The molecule has 4 rings (SSSR count). The molecular formula is C22H19N3O5. The number of hydrogen-bond donors (Lipinski definition) is 4. The van der Waals surface area contributed by atoms with Crippen LogP contribution in [0.4, 0.5) is 5.82 Å². The summed E-state index contributed by atoms with van der Waals surface area (Å²) in [5, 5.41) is 12.7. The standard InChI is InChI=1S/C22H19N3O5/c1-2-30-21(28)16-15(12-8-10-14(26)11-9-12)17-19(24-22(29)25-20(17)27)23-18(16)13-6-4-3-5-7-13/h3-11,15,26H,2H2,1H3,(H3,23,24,25,27,29). The molecule has 8 nitrogen and oxygen atoms in total. The van der Waals surface area contributed by atoms with Crippen LogP contribution in [-0.2, 0) is 9.53 Å². The summed E-state index contributed by atoms with van der Waals surface area (Å²) < 4.78 is 5.32. The summed E-state index contributed by atoms with van der Waals surface area (Å²) in [6.07, 6.45) is 0. The van der Waals surface area contributed by atoms with Gasteiger partial charge in [0.15, 0.2) is 0 Å². The fraction of sp³-hybridized carbons (Fsp3) is 0.136. The number of phenols is 1. The van der Waals surface area contributed by atoms with Crippen molar-refractivity contribution in [1.29, 1.82) is 0 Å². The van der Waals surface area contributed by atoms with Crippen LogP contribution in [0.5, 0.6) is 5.75 Å². The normalized spacial score (nSPS) is 15.3. The van der Waals surface area contributed by atoms with Gasteiger partial charge in [0.1, 0.15) is 11.6 Å². The summed E-state index contributed by atoms with van der Waals surface area (Å²) in [5.41, 5.74) is 0.847. The molecule has 2 aromatic carbocycles. The number of aromatic amines is 2. The molecule has 0 aliphatic carbocycles. The zero-order valence-electron chi connectivity index (χ0n) is 16.1. The molecule has 0 fully saturated rings. The summed E-state index contributed by atoms with van der Waals surface area (Å²) in [5.74, 6) is -1.16. The molecule has 4 N–H and O–H groups in total. The van der Waals surface area contributed by atoms with E-state index >= 15 is 0 Å². The lowest BCUT2D eigenvalue weighted by Gasteiger charge is -2.30. The van der Waals surface area contributed by atoms with Gasteiger partial charge in [-0.15, -0.1) is 0 Å². The highest BCUT2D eigenvalue weighted by Crippen LogP contribution is 2.42. The van der Waals surface area contributed by atoms with Crippen molar-refractivity contribution >= 4 is 17.5 Å². The van der Waals surface area contributed by atoms with E-state index in [9.17, 15) is 19.5 Å². The number of rotatable bonds is 4. The molecule has 1 aliphatic heterocycles. The number of aromatic hydroxyl groups is 1. The van der Waals surface area contributed by atoms with Crippen molar-refractivity contribution in [2.75, 3.05) is 11.9 Å². The maximum absolute atomic E-state index is 13.1. The second-order valence-corrected chi connectivity index (χ2v) is 6.72. The fourth-order valence-corrected chi connectivity index (χ4v) is 3.61. The van der Waals surface area contributed by atoms with Gasteiger partial charge in [-0.05, 0) is 30.2 Å². The van der Waals surface area contributed by atoms with Gasteiger partial charge in [-0.3, -0.25) is 14.8 Å². The Bertz CT molecular complexity index is 1240. The van der Waals surface area contributed by atoms with Gasteiger partial charge in [0.2, 0.25) is 0 Å². The third-order valence-electron chi connectivity index (χ3n) is 4.86. The van der Waals surface area contributed by atoms with Crippen molar-refractivity contribution in [2.24, 2.45) is 0 Å². The first-order chi connectivity index (χ1) is 14.5. The smallest absolute Gasteiger partial charge is 0.337 e. The number of aromatic nitrogens is 2. The summed E-state index contributed by atoms with van der Waals surface area (Å²) in [4.78, 5) is 42.6. The Labute approximate surface area is 170 Å². The number of carbonyl (C=O) groups excluding carboxylic acids is 1. The lowest BCUT2D eigenvalue weighted by molar-refractivity contribution is -0.138. The molecule has 0 amide bonds. The van der Waals surface area contributed by atoms with Crippen molar-refractivity contribution < 1.29 is 14.6 Å². The summed E-state index contributed by atoms with van der Waals surface area (Å²) in [6, 6.07) is 15.3. The molecule has 30 heavy (non-hydrogen) atoms. The molecular weight excluding hydrogens is 386 g/mol. The van der Waals surface area contributed by atoms with Crippen LogP contribution in [-0.4, -0.2) is 27.7 Å². The average Bonchev–Trinajstić information content (AvgIpc) is 2.73. The van der Waals surface area contributed by atoms with Crippen molar-refractivity contribution in [3.63, 3.8) is 0 Å². The molecule has 0 spiro atoms. The molecule has 1 atom stereocenters. The Morgan fingerprint density at radius 3 is 2.40 bits per heavy atom. The highest BCUT2D eigenvalue weighted by atomic mass is 16.5. The number of benzene rings is 2. The topological polar surface area (TPSA) is 124 Å². The van der Waals surface area contributed by atoms with E-state index in [4.69, 9.17) is 4.74 Å². The molecule has 152 valence electrons. The number of phenolic OH excluding ortho intramolecular Hbond substituents is 1. The van der Waals surface area contributed by atoms with E-state index in [-0.39, 0.29) is 29.3 Å². The van der Waals surface area contributed by atoms with E-state index in [1.165, 1.54) is 12.1 Å². The van der Waals surface area contributed by atoms with Gasteiger partial charge in [-0.1, -0.05) is 42.5 Å². The molecule has 0 saturated carbocycles. The number of hydrogen-bond acceptors (Lipinski definition) is 6. The van der Waals surface area contributed by atoms with E-state index in [0.29, 0.717) is 16.8 Å². The quantitative estimate of drug-likeness (QED) is 0.494. The first-order valence-corrected chi connectivity index (χ1v) is 9.38. The van der Waals surface area contributed by atoms with Gasteiger partial charge in [0.25, 0.3) is 5.56 Å². The van der Waals surface area contributed by atoms with E-state index in [0.717, 1.165) is 0 Å². The second kappa shape index (κ2) is 7.75. The van der Waals surface area contributed by atoms with E-state index in [2.05, 4.69) is 15.3 Å². The number of anilines is 1. The predicted molar refractivity (Wildman–Crippen MR) is 111 cm³/mol. The second-order valence-electron chi connectivity index (χ2n) is 6.72. The molecule has 3 aromatic rings. The lowest BCUT2D eigenvalue weighted by Crippen LogP contribution is -2.35. The molecule has 1 aliphatic rings. The Kier molecular flexibility index (Phi) is 4.97. The summed E-state index contributed by atoms with van der Waals surface area (Å²) in [6.45, 7) is 1.85. The van der Waals surface area contributed by atoms with Crippen molar-refractivity contribution in [2.45, 2.75) is 12.8 Å². The first-order valence-electron chi connectivity index (χ1n) is 9.38. The van der Waals surface area contributed by atoms with Gasteiger partial charge in [0.05, 0.1) is 29.4 Å². The third kappa shape index (κ3) is 3.39. The number of nitrogens with one attached hydrogen (secondary N) is 3. The van der Waals surface area contributed by atoms with Crippen LogP contribution in [0.2, 0.25) is 0 Å². The van der Waals surface area contributed by atoms with E-state index in [1.54, 1.807) is 19.1 Å². The maximum atomic E-state index is 13.1. The van der Waals surface area contributed by atoms with E-state index < -0.39 is 23.1 Å². The first kappa shape index (κ1) is 19.3. The Hall–Kier alpha value is -4.07. The molecule has 8 heteroatoms. The van der Waals surface area contributed by atoms with Crippen LogP contribution < -0.4 is 16.6 Å². The van der Waals surface area contributed by atoms with Crippen LogP contribution >= 0.6 is 0 Å². The fourth-order valence-electron chi connectivity index (χ4n) is 3.61. The van der Waals surface area contributed by atoms with Crippen molar-refractivity contribution in [3.05, 3.63) is 97.7 Å². The SMILES string of the molecule is CCOC(=O)C1=C(c2ccccc2)Nc2[nH]c(=O)[nH]c(=O)c2C1c1ccc(O)cc1.